The molecule has 0 aliphatic heterocycles. The van der Waals surface area contributed by atoms with Gasteiger partial charge in [0.05, 0.1) is 10.7 Å². The van der Waals surface area contributed by atoms with E-state index in [4.69, 9.17) is 23.2 Å². The summed E-state index contributed by atoms with van der Waals surface area (Å²) in [7, 11) is 0. The summed E-state index contributed by atoms with van der Waals surface area (Å²) in [5.74, 6) is 0. The first-order chi connectivity index (χ1) is 10.7. The van der Waals surface area contributed by atoms with Crippen LogP contribution in [-0.4, -0.2) is 20.0 Å². The van der Waals surface area contributed by atoms with Crippen LogP contribution in [0.3, 0.4) is 0 Å². The zero-order valence-electron chi connectivity index (χ0n) is 11.7. The molecule has 0 saturated heterocycles. The van der Waals surface area contributed by atoms with Crippen LogP contribution in [0.15, 0.2) is 52.5 Å². The van der Waals surface area contributed by atoms with Gasteiger partial charge in [-0.1, -0.05) is 47.1 Å². The lowest BCUT2D eigenvalue weighted by Crippen LogP contribution is -1.94. The maximum atomic E-state index is 6.53. The van der Waals surface area contributed by atoms with Crippen LogP contribution >= 0.6 is 35.0 Å². The lowest BCUT2D eigenvalue weighted by atomic mass is 10.1. The molecule has 0 bridgehead atoms. The van der Waals surface area contributed by atoms with Crippen molar-refractivity contribution in [3.63, 3.8) is 0 Å². The number of hydrogen-bond donors (Lipinski definition) is 0. The maximum absolute atomic E-state index is 6.53. The van der Waals surface area contributed by atoms with E-state index in [2.05, 4.69) is 15.3 Å². The van der Waals surface area contributed by atoms with E-state index in [9.17, 15) is 0 Å². The summed E-state index contributed by atoms with van der Waals surface area (Å²) >= 11 is 13.7. The van der Waals surface area contributed by atoms with Crippen molar-refractivity contribution in [2.24, 2.45) is 0 Å². The zero-order valence-corrected chi connectivity index (χ0v) is 14.0. The molecule has 2 heterocycles. The van der Waals surface area contributed by atoms with Gasteiger partial charge >= 0.3 is 0 Å². The predicted molar refractivity (Wildman–Crippen MR) is 89.5 cm³/mol. The van der Waals surface area contributed by atoms with Crippen LogP contribution in [-0.2, 0) is 6.54 Å². The molecule has 0 amide bonds. The monoisotopic (exact) mass is 350 g/mol. The van der Waals surface area contributed by atoms with Gasteiger partial charge < -0.3 is 0 Å². The number of benzene rings is 1. The smallest absolute Gasteiger partial charge is 0.151 e. The molecule has 0 fully saturated rings. The van der Waals surface area contributed by atoms with Crippen LogP contribution in [0.25, 0.3) is 11.3 Å². The Morgan fingerprint density at radius 1 is 1.09 bits per heavy atom. The van der Waals surface area contributed by atoms with E-state index in [0.29, 0.717) is 10.2 Å². The molecular formula is C15H12Cl2N4S. The topological polar surface area (TPSA) is 43.6 Å². The van der Waals surface area contributed by atoms with Crippen molar-refractivity contribution in [3.8, 4) is 11.3 Å². The van der Waals surface area contributed by atoms with E-state index in [0.717, 1.165) is 27.7 Å². The van der Waals surface area contributed by atoms with E-state index < -0.39 is 0 Å². The third-order valence-electron chi connectivity index (χ3n) is 3.03. The summed E-state index contributed by atoms with van der Waals surface area (Å²) in [4.78, 5) is 0.904. The van der Waals surface area contributed by atoms with Gasteiger partial charge in [-0.15, -0.1) is 10.2 Å². The van der Waals surface area contributed by atoms with Gasteiger partial charge in [0.15, 0.2) is 5.15 Å². The molecule has 0 N–H and O–H groups in total. The van der Waals surface area contributed by atoms with Crippen LogP contribution < -0.4 is 0 Å². The van der Waals surface area contributed by atoms with Crippen molar-refractivity contribution in [2.45, 2.75) is 23.4 Å². The summed E-state index contributed by atoms with van der Waals surface area (Å²) in [6.45, 7) is 2.87. The average molecular weight is 351 g/mol. The summed E-state index contributed by atoms with van der Waals surface area (Å²) in [6.07, 6.45) is 1.94. The van der Waals surface area contributed by atoms with Crippen molar-refractivity contribution in [2.75, 3.05) is 0 Å². The van der Waals surface area contributed by atoms with E-state index in [1.54, 1.807) is 6.07 Å². The standard InChI is InChI=1S/C15H12Cl2N4S/c1-2-21-9-8-11(20-21)10-4-3-5-12(15(10)17)22-14-7-6-13(16)18-19-14/h3-9H,2H2,1H3. The Bertz CT molecular complexity index is 786. The van der Waals surface area contributed by atoms with Crippen molar-refractivity contribution in [3.05, 3.63) is 52.8 Å². The Labute approximate surface area is 142 Å². The van der Waals surface area contributed by atoms with Gasteiger partial charge in [0.25, 0.3) is 0 Å². The van der Waals surface area contributed by atoms with Gasteiger partial charge in [-0.2, -0.15) is 5.10 Å². The third-order valence-corrected chi connectivity index (χ3v) is 4.73. The number of hydrogen-bond acceptors (Lipinski definition) is 4. The van der Waals surface area contributed by atoms with E-state index in [1.807, 2.05) is 48.1 Å². The molecule has 0 atom stereocenters. The van der Waals surface area contributed by atoms with Crippen LogP contribution in [0.5, 0.6) is 0 Å². The highest BCUT2D eigenvalue weighted by atomic mass is 35.5. The lowest BCUT2D eigenvalue weighted by molar-refractivity contribution is 0.662. The molecular weight excluding hydrogens is 339 g/mol. The molecule has 1 aromatic carbocycles. The fraction of sp³-hybridized carbons (Fsp3) is 0.133. The van der Waals surface area contributed by atoms with Gasteiger partial charge in [-0.05, 0) is 31.2 Å². The normalized spacial score (nSPS) is 10.9. The molecule has 22 heavy (non-hydrogen) atoms. The number of aromatic nitrogens is 4. The van der Waals surface area contributed by atoms with Gasteiger partial charge in [0.1, 0.15) is 5.03 Å². The van der Waals surface area contributed by atoms with Gasteiger partial charge in [-0.25, -0.2) is 0 Å². The van der Waals surface area contributed by atoms with E-state index in [-0.39, 0.29) is 0 Å². The fourth-order valence-corrected chi connectivity index (χ4v) is 3.17. The molecule has 112 valence electrons. The minimum atomic E-state index is 0.370. The fourth-order valence-electron chi connectivity index (χ4n) is 1.94. The molecule has 3 rings (SSSR count). The number of nitrogens with zero attached hydrogens (tertiary/aromatic N) is 4. The highest BCUT2D eigenvalue weighted by molar-refractivity contribution is 7.99. The van der Waals surface area contributed by atoms with Crippen LogP contribution in [0.1, 0.15) is 6.92 Å². The molecule has 0 aliphatic rings. The largest absolute Gasteiger partial charge is 0.272 e. The van der Waals surface area contributed by atoms with E-state index >= 15 is 0 Å². The molecule has 7 heteroatoms. The molecule has 4 nitrogen and oxygen atoms in total. The summed E-state index contributed by atoms with van der Waals surface area (Å²) in [5.41, 5.74) is 1.76. The van der Waals surface area contributed by atoms with Crippen LogP contribution in [0.2, 0.25) is 10.2 Å². The Morgan fingerprint density at radius 3 is 2.64 bits per heavy atom. The first-order valence-electron chi connectivity index (χ1n) is 6.67. The van der Waals surface area contributed by atoms with Crippen molar-refractivity contribution >= 4 is 35.0 Å². The third kappa shape index (κ3) is 3.27. The minimum Gasteiger partial charge on any atom is -0.272 e. The Morgan fingerprint density at radius 2 is 1.95 bits per heavy atom. The Hall–Kier alpha value is -1.56. The van der Waals surface area contributed by atoms with Gasteiger partial charge in [-0.3, -0.25) is 4.68 Å². The first-order valence-corrected chi connectivity index (χ1v) is 8.24. The van der Waals surface area contributed by atoms with Crippen molar-refractivity contribution < 1.29 is 0 Å². The summed E-state index contributed by atoms with van der Waals surface area (Å²) in [6, 6.07) is 11.3. The Kier molecular flexibility index (Phi) is 4.66. The number of rotatable bonds is 4. The summed E-state index contributed by atoms with van der Waals surface area (Å²) in [5, 5.41) is 14.1. The van der Waals surface area contributed by atoms with Crippen molar-refractivity contribution in [1.82, 2.24) is 20.0 Å². The van der Waals surface area contributed by atoms with Crippen LogP contribution in [0.4, 0.5) is 0 Å². The second-order valence-electron chi connectivity index (χ2n) is 4.47. The second-order valence-corrected chi connectivity index (χ2v) is 6.30. The zero-order chi connectivity index (χ0) is 15.5. The Balaban J connectivity index is 1.93. The molecule has 0 saturated carbocycles. The van der Waals surface area contributed by atoms with Gasteiger partial charge in [0, 0.05) is 23.2 Å². The number of halogens is 2. The number of aryl methyl sites for hydroxylation is 1. The predicted octanol–water partition coefficient (Wildman–Crippen LogP) is 4.82. The molecule has 3 aromatic rings. The quantitative estimate of drug-likeness (QED) is 0.676. The second kappa shape index (κ2) is 6.69. The van der Waals surface area contributed by atoms with E-state index in [1.165, 1.54) is 11.8 Å². The SMILES string of the molecule is CCn1ccc(-c2cccc(Sc3ccc(Cl)nn3)c2Cl)n1. The van der Waals surface area contributed by atoms with Crippen LogP contribution in [0, 0.1) is 0 Å². The minimum absolute atomic E-state index is 0.370. The molecule has 0 radical (unpaired) electrons. The first kappa shape index (κ1) is 15.3. The summed E-state index contributed by atoms with van der Waals surface area (Å²) < 4.78 is 1.87. The maximum Gasteiger partial charge on any atom is 0.151 e. The molecule has 0 spiro atoms. The molecule has 0 unspecified atom stereocenters. The highest BCUT2D eigenvalue weighted by Crippen LogP contribution is 2.37. The average Bonchev–Trinajstić information content (AvgIpc) is 3.00. The van der Waals surface area contributed by atoms with Gasteiger partial charge in [0.2, 0.25) is 0 Å². The van der Waals surface area contributed by atoms with Crippen molar-refractivity contribution in [1.29, 1.82) is 0 Å². The lowest BCUT2D eigenvalue weighted by Gasteiger charge is -2.07. The molecule has 2 aromatic heterocycles. The molecule has 0 aliphatic carbocycles. The highest BCUT2D eigenvalue weighted by Gasteiger charge is 2.12.